The summed E-state index contributed by atoms with van der Waals surface area (Å²) in [6.45, 7) is 2.23. The minimum atomic E-state index is -3.72. The van der Waals surface area contributed by atoms with Gasteiger partial charge in [0.1, 0.15) is 5.75 Å². The smallest absolute Gasteiger partial charge is 0.262 e. The standard InChI is InChI=1S/C24H22Cl2N2O4S/c1-16-20(25)7-4-8-22(16)27-24(29)15-32-23-10-9-19(13-21(23)26)33(30,31)28-12-11-17-5-2-3-6-18(17)14-28/h2-10,13H,11-12,14-15H2,1H3,(H,27,29). The van der Waals surface area contributed by atoms with Gasteiger partial charge in [0.25, 0.3) is 5.91 Å². The number of hydrogen-bond donors (Lipinski definition) is 1. The first-order chi connectivity index (χ1) is 15.8. The van der Waals surface area contributed by atoms with E-state index >= 15 is 0 Å². The maximum Gasteiger partial charge on any atom is 0.262 e. The molecule has 0 radical (unpaired) electrons. The highest BCUT2D eigenvalue weighted by Gasteiger charge is 2.28. The Balaban J connectivity index is 1.42. The number of fused-ring (bicyclic) bond motifs is 1. The van der Waals surface area contributed by atoms with E-state index in [1.165, 1.54) is 22.5 Å². The zero-order chi connectivity index (χ0) is 23.6. The van der Waals surface area contributed by atoms with Crippen LogP contribution in [-0.4, -0.2) is 31.8 Å². The zero-order valence-corrected chi connectivity index (χ0v) is 20.2. The van der Waals surface area contributed by atoms with Gasteiger partial charge in [-0.25, -0.2) is 8.42 Å². The lowest BCUT2D eigenvalue weighted by atomic mass is 10.0. The SMILES string of the molecule is Cc1c(Cl)cccc1NC(=O)COc1ccc(S(=O)(=O)N2CCc3ccccc3C2)cc1Cl. The molecule has 172 valence electrons. The van der Waals surface area contributed by atoms with Crippen LogP contribution in [-0.2, 0) is 27.8 Å². The number of nitrogens with zero attached hydrogens (tertiary/aromatic N) is 1. The van der Waals surface area contributed by atoms with Crippen molar-refractivity contribution in [1.29, 1.82) is 0 Å². The van der Waals surface area contributed by atoms with E-state index < -0.39 is 10.0 Å². The second kappa shape index (κ2) is 9.73. The molecule has 0 atom stereocenters. The molecule has 6 nitrogen and oxygen atoms in total. The Morgan fingerprint density at radius 1 is 1.03 bits per heavy atom. The first-order valence-corrected chi connectivity index (χ1v) is 12.5. The topological polar surface area (TPSA) is 75.7 Å². The van der Waals surface area contributed by atoms with Crippen molar-refractivity contribution >= 4 is 44.8 Å². The van der Waals surface area contributed by atoms with Gasteiger partial charge in [-0.3, -0.25) is 4.79 Å². The second-order valence-electron chi connectivity index (χ2n) is 7.70. The van der Waals surface area contributed by atoms with Crippen LogP contribution >= 0.6 is 23.2 Å². The Bertz CT molecular complexity index is 1310. The number of halogens is 2. The van der Waals surface area contributed by atoms with Crippen LogP contribution in [0.1, 0.15) is 16.7 Å². The lowest BCUT2D eigenvalue weighted by Crippen LogP contribution is -2.35. The lowest BCUT2D eigenvalue weighted by Gasteiger charge is -2.28. The van der Waals surface area contributed by atoms with E-state index in [1.807, 2.05) is 24.3 Å². The van der Waals surface area contributed by atoms with Crippen LogP contribution in [0.5, 0.6) is 5.75 Å². The van der Waals surface area contributed by atoms with Gasteiger partial charge in [0, 0.05) is 23.8 Å². The number of carbonyl (C=O) groups excluding carboxylic acids is 1. The molecule has 1 N–H and O–H groups in total. The second-order valence-corrected chi connectivity index (χ2v) is 10.5. The molecular weight excluding hydrogens is 483 g/mol. The van der Waals surface area contributed by atoms with E-state index in [1.54, 1.807) is 25.1 Å². The van der Waals surface area contributed by atoms with Gasteiger partial charge in [-0.05, 0) is 60.4 Å². The fourth-order valence-corrected chi connectivity index (χ4v) is 5.58. The van der Waals surface area contributed by atoms with E-state index in [0.717, 1.165) is 16.7 Å². The summed E-state index contributed by atoms with van der Waals surface area (Å²) >= 11 is 12.4. The molecule has 0 saturated heterocycles. The Morgan fingerprint density at radius 2 is 1.79 bits per heavy atom. The van der Waals surface area contributed by atoms with Crippen LogP contribution in [0, 0.1) is 6.92 Å². The lowest BCUT2D eigenvalue weighted by molar-refractivity contribution is -0.118. The van der Waals surface area contributed by atoms with Crippen LogP contribution < -0.4 is 10.1 Å². The summed E-state index contributed by atoms with van der Waals surface area (Å²) in [4.78, 5) is 12.4. The third-order valence-corrected chi connectivity index (χ3v) is 8.08. The molecule has 0 unspecified atom stereocenters. The first kappa shape index (κ1) is 23.6. The summed E-state index contributed by atoms with van der Waals surface area (Å²) < 4.78 is 33.2. The van der Waals surface area contributed by atoms with Crippen molar-refractivity contribution in [3.05, 3.63) is 87.4 Å². The third kappa shape index (κ3) is 5.17. The van der Waals surface area contributed by atoms with Gasteiger partial charge in [0.2, 0.25) is 10.0 Å². The molecule has 1 amide bonds. The molecule has 1 aliphatic rings. The van der Waals surface area contributed by atoms with Gasteiger partial charge in [-0.2, -0.15) is 4.31 Å². The number of ether oxygens (including phenoxy) is 1. The quantitative estimate of drug-likeness (QED) is 0.508. The number of hydrogen-bond acceptors (Lipinski definition) is 4. The molecular formula is C24H22Cl2N2O4S. The van der Waals surface area contributed by atoms with Gasteiger partial charge in [0.15, 0.2) is 6.61 Å². The molecule has 1 aliphatic heterocycles. The molecule has 9 heteroatoms. The van der Waals surface area contributed by atoms with Crippen LogP contribution in [0.2, 0.25) is 10.0 Å². The van der Waals surface area contributed by atoms with Crippen molar-refractivity contribution in [3.8, 4) is 5.75 Å². The minimum absolute atomic E-state index is 0.0817. The number of carbonyl (C=O) groups is 1. The van der Waals surface area contributed by atoms with Crippen LogP contribution in [0.3, 0.4) is 0 Å². The molecule has 0 aromatic heterocycles. The highest BCUT2D eigenvalue weighted by molar-refractivity contribution is 7.89. The summed E-state index contributed by atoms with van der Waals surface area (Å²) in [6, 6.07) is 17.3. The van der Waals surface area contributed by atoms with E-state index in [4.69, 9.17) is 27.9 Å². The molecule has 33 heavy (non-hydrogen) atoms. The summed E-state index contributed by atoms with van der Waals surface area (Å²) in [5, 5.41) is 3.39. The monoisotopic (exact) mass is 504 g/mol. The summed E-state index contributed by atoms with van der Waals surface area (Å²) in [5.74, 6) is -0.169. The number of benzene rings is 3. The summed E-state index contributed by atoms with van der Waals surface area (Å²) in [7, 11) is -3.72. The van der Waals surface area contributed by atoms with E-state index in [2.05, 4.69) is 5.32 Å². The van der Waals surface area contributed by atoms with Crippen LogP contribution in [0.4, 0.5) is 5.69 Å². The molecule has 3 aromatic rings. The van der Waals surface area contributed by atoms with E-state index in [0.29, 0.717) is 30.2 Å². The van der Waals surface area contributed by atoms with E-state index in [-0.39, 0.29) is 28.2 Å². The van der Waals surface area contributed by atoms with Crippen molar-refractivity contribution in [2.75, 3.05) is 18.5 Å². The first-order valence-electron chi connectivity index (χ1n) is 10.3. The van der Waals surface area contributed by atoms with Gasteiger partial charge in [-0.15, -0.1) is 0 Å². The average molecular weight is 505 g/mol. The van der Waals surface area contributed by atoms with Crippen LogP contribution in [0.15, 0.2) is 65.6 Å². The van der Waals surface area contributed by atoms with Crippen molar-refractivity contribution in [2.45, 2.75) is 24.8 Å². The van der Waals surface area contributed by atoms with E-state index in [9.17, 15) is 13.2 Å². The molecule has 0 saturated carbocycles. The normalized spacial score (nSPS) is 13.9. The highest BCUT2D eigenvalue weighted by Crippen LogP contribution is 2.31. The van der Waals surface area contributed by atoms with Crippen molar-refractivity contribution < 1.29 is 17.9 Å². The third-order valence-electron chi connectivity index (χ3n) is 5.54. The molecule has 3 aromatic carbocycles. The predicted octanol–water partition coefficient (Wildman–Crippen LogP) is 5.07. The fraction of sp³-hybridized carbons (Fsp3) is 0.208. The Hall–Kier alpha value is -2.58. The molecule has 0 fully saturated rings. The largest absolute Gasteiger partial charge is 0.482 e. The predicted molar refractivity (Wildman–Crippen MR) is 130 cm³/mol. The minimum Gasteiger partial charge on any atom is -0.482 e. The van der Waals surface area contributed by atoms with Gasteiger partial charge >= 0.3 is 0 Å². The number of rotatable bonds is 6. The number of sulfonamides is 1. The van der Waals surface area contributed by atoms with Crippen molar-refractivity contribution in [2.24, 2.45) is 0 Å². The molecule has 4 rings (SSSR count). The zero-order valence-electron chi connectivity index (χ0n) is 17.8. The molecule has 0 spiro atoms. The maximum atomic E-state index is 13.1. The summed E-state index contributed by atoms with van der Waals surface area (Å²) in [6.07, 6.45) is 0.658. The number of anilines is 1. The Morgan fingerprint density at radius 3 is 2.55 bits per heavy atom. The van der Waals surface area contributed by atoms with Gasteiger partial charge in [0.05, 0.1) is 9.92 Å². The summed E-state index contributed by atoms with van der Waals surface area (Å²) in [5.41, 5.74) is 3.50. The molecule has 1 heterocycles. The highest BCUT2D eigenvalue weighted by atomic mass is 35.5. The average Bonchev–Trinajstić information content (AvgIpc) is 2.81. The maximum absolute atomic E-state index is 13.1. The molecule has 0 aliphatic carbocycles. The van der Waals surface area contributed by atoms with Crippen LogP contribution in [0.25, 0.3) is 0 Å². The Labute approximate surface area is 203 Å². The molecule has 0 bridgehead atoms. The fourth-order valence-electron chi connectivity index (χ4n) is 3.66. The van der Waals surface area contributed by atoms with Crippen molar-refractivity contribution in [1.82, 2.24) is 4.31 Å². The van der Waals surface area contributed by atoms with Gasteiger partial charge in [-0.1, -0.05) is 53.5 Å². The number of amides is 1. The van der Waals surface area contributed by atoms with Gasteiger partial charge < -0.3 is 10.1 Å². The number of nitrogens with one attached hydrogen (secondary N) is 1. The Kier molecular flexibility index (Phi) is 6.95. The van der Waals surface area contributed by atoms with Crippen molar-refractivity contribution in [3.63, 3.8) is 0 Å².